The molecule has 114 valence electrons. The maximum Gasteiger partial charge on any atom is 0.246 e. The molecule has 0 spiro atoms. The van der Waals surface area contributed by atoms with E-state index in [-0.39, 0.29) is 23.1 Å². The number of halogens is 1. The number of methoxy groups -OCH3 is 1. The zero-order valence-corrected chi connectivity index (χ0v) is 13.2. The van der Waals surface area contributed by atoms with E-state index < -0.39 is 16.1 Å². The van der Waals surface area contributed by atoms with Crippen LogP contribution in [0.5, 0.6) is 5.75 Å². The lowest BCUT2D eigenvalue weighted by Crippen LogP contribution is -2.23. The van der Waals surface area contributed by atoms with Gasteiger partial charge < -0.3 is 15.2 Å². The fourth-order valence-corrected chi connectivity index (χ4v) is 2.66. The van der Waals surface area contributed by atoms with E-state index in [0.717, 1.165) is 4.31 Å². The molecule has 1 rings (SSSR count). The first-order chi connectivity index (χ1) is 9.32. The average molecular weight is 323 g/mol. The Labute approximate surface area is 124 Å². The van der Waals surface area contributed by atoms with Crippen LogP contribution in [0.25, 0.3) is 0 Å². The Morgan fingerprint density at radius 3 is 2.60 bits per heavy atom. The van der Waals surface area contributed by atoms with Crippen molar-refractivity contribution in [3.05, 3.63) is 18.2 Å². The van der Waals surface area contributed by atoms with Gasteiger partial charge in [-0.25, -0.2) is 12.7 Å². The Kier molecular flexibility index (Phi) is 6.07. The molecule has 0 saturated heterocycles. The number of hydrogen-bond acceptors (Lipinski definition) is 5. The van der Waals surface area contributed by atoms with E-state index in [1.165, 1.54) is 27.3 Å². The third-order valence-electron chi connectivity index (χ3n) is 2.64. The molecule has 0 aliphatic rings. The molecule has 0 aliphatic carbocycles. The van der Waals surface area contributed by atoms with Gasteiger partial charge in [0.05, 0.1) is 19.1 Å². The molecule has 0 fully saturated rings. The first kappa shape index (κ1) is 17.0. The lowest BCUT2D eigenvalue weighted by Gasteiger charge is -2.16. The highest BCUT2D eigenvalue weighted by molar-refractivity contribution is 7.89. The number of sulfonamides is 1. The zero-order valence-electron chi connectivity index (χ0n) is 11.6. The minimum absolute atomic E-state index is 0.0652. The van der Waals surface area contributed by atoms with E-state index in [2.05, 4.69) is 5.32 Å². The highest BCUT2D eigenvalue weighted by atomic mass is 35.5. The Hall–Kier alpha value is -1.02. The number of nitrogens with zero attached hydrogens (tertiary/aromatic N) is 1. The number of aliphatic hydroxyl groups excluding tert-OH is 1. The van der Waals surface area contributed by atoms with Gasteiger partial charge in [-0.1, -0.05) is 0 Å². The monoisotopic (exact) mass is 322 g/mol. The molecule has 0 radical (unpaired) electrons. The standard InChI is InChI=1S/C12H19ClN2O4S/c1-15(2)20(17,18)12-6-9(4-5-11(12)19-3)14-8-10(16)7-13/h4-6,10,14,16H,7-8H2,1-3H3. The van der Waals surface area contributed by atoms with E-state index in [0.29, 0.717) is 5.69 Å². The normalized spacial score (nSPS) is 13.3. The smallest absolute Gasteiger partial charge is 0.246 e. The highest BCUT2D eigenvalue weighted by Crippen LogP contribution is 2.28. The van der Waals surface area contributed by atoms with Gasteiger partial charge >= 0.3 is 0 Å². The van der Waals surface area contributed by atoms with E-state index in [1.807, 2.05) is 0 Å². The van der Waals surface area contributed by atoms with Crippen LogP contribution in [-0.2, 0) is 10.0 Å². The molecule has 0 aliphatic heterocycles. The third-order valence-corrected chi connectivity index (χ3v) is 4.83. The predicted molar refractivity (Wildman–Crippen MR) is 79.1 cm³/mol. The quantitative estimate of drug-likeness (QED) is 0.731. The number of anilines is 1. The Bertz CT molecular complexity index is 548. The molecule has 1 aromatic carbocycles. The van der Waals surface area contributed by atoms with Crippen molar-refractivity contribution < 1.29 is 18.3 Å². The second-order valence-corrected chi connectivity index (χ2v) is 6.77. The van der Waals surface area contributed by atoms with Crippen molar-refractivity contribution in [1.82, 2.24) is 4.31 Å². The minimum Gasteiger partial charge on any atom is -0.495 e. The van der Waals surface area contributed by atoms with Crippen LogP contribution in [0.4, 0.5) is 5.69 Å². The number of aliphatic hydroxyl groups is 1. The number of nitrogens with one attached hydrogen (secondary N) is 1. The summed E-state index contributed by atoms with van der Waals surface area (Å²) in [4.78, 5) is 0.0652. The Morgan fingerprint density at radius 2 is 2.10 bits per heavy atom. The largest absolute Gasteiger partial charge is 0.495 e. The molecule has 0 heterocycles. The maximum absolute atomic E-state index is 12.2. The van der Waals surface area contributed by atoms with Crippen molar-refractivity contribution in [2.45, 2.75) is 11.0 Å². The maximum atomic E-state index is 12.2. The summed E-state index contributed by atoms with van der Waals surface area (Å²) in [7, 11) is 0.706. The van der Waals surface area contributed by atoms with Crippen molar-refractivity contribution in [3.63, 3.8) is 0 Å². The SMILES string of the molecule is COc1ccc(NCC(O)CCl)cc1S(=O)(=O)N(C)C. The zero-order chi connectivity index (χ0) is 15.3. The summed E-state index contributed by atoms with van der Waals surface area (Å²) in [5, 5.41) is 12.3. The molecule has 20 heavy (non-hydrogen) atoms. The molecule has 2 N–H and O–H groups in total. The third kappa shape index (κ3) is 3.99. The highest BCUT2D eigenvalue weighted by Gasteiger charge is 2.22. The van der Waals surface area contributed by atoms with Crippen LogP contribution >= 0.6 is 11.6 Å². The first-order valence-electron chi connectivity index (χ1n) is 5.91. The van der Waals surface area contributed by atoms with Gasteiger partial charge in [-0.05, 0) is 18.2 Å². The predicted octanol–water partition coefficient (Wildman–Crippen LogP) is 0.957. The topological polar surface area (TPSA) is 78.9 Å². The fraction of sp³-hybridized carbons (Fsp3) is 0.500. The van der Waals surface area contributed by atoms with Crippen LogP contribution < -0.4 is 10.1 Å². The van der Waals surface area contributed by atoms with Crippen LogP contribution in [0.3, 0.4) is 0 Å². The van der Waals surface area contributed by atoms with E-state index >= 15 is 0 Å². The van der Waals surface area contributed by atoms with Crippen molar-refractivity contribution in [3.8, 4) is 5.75 Å². The van der Waals surface area contributed by atoms with Gasteiger partial charge in [0, 0.05) is 26.3 Å². The summed E-state index contributed by atoms with van der Waals surface area (Å²) in [5.41, 5.74) is 0.565. The van der Waals surface area contributed by atoms with Crippen molar-refractivity contribution >= 4 is 27.3 Å². The first-order valence-corrected chi connectivity index (χ1v) is 7.88. The van der Waals surface area contributed by atoms with Crippen molar-refractivity contribution in [1.29, 1.82) is 0 Å². The molecule has 1 aromatic rings. The molecule has 6 nitrogen and oxygen atoms in total. The van der Waals surface area contributed by atoms with Gasteiger partial charge in [0.1, 0.15) is 10.6 Å². The summed E-state index contributed by atoms with van der Waals surface area (Å²) < 4.78 is 30.6. The number of ether oxygens (including phenoxy) is 1. The van der Waals surface area contributed by atoms with Crippen LogP contribution in [0.2, 0.25) is 0 Å². The van der Waals surface area contributed by atoms with Gasteiger partial charge in [0.2, 0.25) is 10.0 Å². The van der Waals surface area contributed by atoms with Gasteiger partial charge in [-0.3, -0.25) is 0 Å². The second kappa shape index (κ2) is 7.12. The number of rotatable bonds is 7. The van der Waals surface area contributed by atoms with Crippen LogP contribution in [0, 0.1) is 0 Å². The summed E-state index contributed by atoms with van der Waals surface area (Å²) in [6, 6.07) is 4.70. The van der Waals surface area contributed by atoms with E-state index in [1.54, 1.807) is 12.1 Å². The second-order valence-electron chi connectivity index (χ2n) is 4.34. The molecule has 0 amide bonds. The van der Waals surface area contributed by atoms with Crippen molar-refractivity contribution in [2.75, 3.05) is 38.9 Å². The minimum atomic E-state index is -3.61. The fourth-order valence-electron chi connectivity index (χ4n) is 1.48. The van der Waals surface area contributed by atoms with Gasteiger partial charge in [0.15, 0.2) is 0 Å². The molecule has 1 atom stereocenters. The number of hydrogen-bond donors (Lipinski definition) is 2. The lowest BCUT2D eigenvalue weighted by atomic mass is 10.3. The van der Waals surface area contributed by atoms with Crippen LogP contribution in [0.1, 0.15) is 0 Å². The summed E-state index contributed by atoms with van der Waals surface area (Å²) in [6.45, 7) is 0.233. The van der Waals surface area contributed by atoms with Gasteiger partial charge in [-0.15, -0.1) is 11.6 Å². The molecule has 0 saturated carbocycles. The Balaban J connectivity index is 3.10. The summed E-state index contributed by atoms with van der Waals surface area (Å²) >= 11 is 5.50. The molecule has 0 bridgehead atoms. The molecule has 0 aromatic heterocycles. The van der Waals surface area contributed by atoms with Gasteiger partial charge in [-0.2, -0.15) is 0 Å². The lowest BCUT2D eigenvalue weighted by molar-refractivity contribution is 0.211. The number of alkyl halides is 1. The molecular formula is C12H19ClN2O4S. The number of benzene rings is 1. The molecule has 1 unspecified atom stereocenters. The van der Waals surface area contributed by atoms with Crippen molar-refractivity contribution in [2.24, 2.45) is 0 Å². The molecule has 8 heteroatoms. The molecular weight excluding hydrogens is 304 g/mol. The average Bonchev–Trinajstić information content (AvgIpc) is 2.44. The van der Waals surface area contributed by atoms with E-state index in [9.17, 15) is 13.5 Å². The summed E-state index contributed by atoms with van der Waals surface area (Å²) in [6.07, 6.45) is -0.701. The Morgan fingerprint density at radius 1 is 1.45 bits per heavy atom. The van der Waals surface area contributed by atoms with E-state index in [4.69, 9.17) is 16.3 Å². The summed E-state index contributed by atoms with van der Waals surface area (Å²) in [5.74, 6) is 0.369. The van der Waals surface area contributed by atoms with Crippen LogP contribution in [-0.4, -0.2) is 57.6 Å². The van der Waals surface area contributed by atoms with Crippen LogP contribution in [0.15, 0.2) is 23.1 Å². The van der Waals surface area contributed by atoms with Gasteiger partial charge in [0.25, 0.3) is 0 Å².